The van der Waals surface area contributed by atoms with E-state index in [1.54, 1.807) is 0 Å². The van der Waals surface area contributed by atoms with Crippen molar-refractivity contribution >= 4 is 23.2 Å². The van der Waals surface area contributed by atoms with Crippen molar-refractivity contribution in [2.45, 2.75) is 50.9 Å². The van der Waals surface area contributed by atoms with E-state index in [1.165, 1.54) is 24.0 Å². The highest BCUT2D eigenvalue weighted by Gasteiger charge is 2.26. The van der Waals surface area contributed by atoms with Crippen molar-refractivity contribution in [2.24, 2.45) is 0 Å². The molecular weight excluding hydrogens is 363 g/mol. The van der Waals surface area contributed by atoms with Crippen molar-refractivity contribution in [1.82, 2.24) is 9.80 Å². The number of rotatable bonds is 6. The first kappa shape index (κ1) is 19.7. The fraction of sp³-hybridized carbons (Fsp3) is 0.364. The van der Waals surface area contributed by atoms with Crippen molar-refractivity contribution in [1.29, 1.82) is 0 Å². The molecule has 0 aliphatic heterocycles. The number of nitrogens with zero attached hydrogens (tertiary/aromatic N) is 2. The van der Waals surface area contributed by atoms with E-state index in [2.05, 4.69) is 48.2 Å². The number of halogens is 2. The molecule has 26 heavy (non-hydrogen) atoms. The first-order valence-electron chi connectivity index (χ1n) is 9.16. The lowest BCUT2D eigenvalue weighted by molar-refractivity contribution is 0.0908. The minimum Gasteiger partial charge on any atom is -0.452 e. The number of hydrogen-bond acceptors (Lipinski definition) is 2. The quantitative estimate of drug-likeness (QED) is 0.544. The van der Waals surface area contributed by atoms with Crippen LogP contribution in [-0.4, -0.2) is 21.9 Å². The molecule has 0 spiro atoms. The van der Waals surface area contributed by atoms with Crippen LogP contribution in [0.25, 0.3) is 0 Å². The van der Waals surface area contributed by atoms with Crippen LogP contribution < -0.4 is 0 Å². The fourth-order valence-corrected chi connectivity index (χ4v) is 4.08. The Kier molecular flexibility index (Phi) is 6.99. The molecule has 0 aromatic heterocycles. The SMILES string of the molecule is [CH2-]N(Cc1ccc(Cl)cc1)[C@@H]1CCCC[C@H]1N([CH2-])Cc1ccc(Cl)cc1. The summed E-state index contributed by atoms with van der Waals surface area (Å²) in [4.78, 5) is 4.46. The standard InChI is InChI=1S/C22H26Cl2N2/c1-25(15-17-7-11-19(23)12-8-17)21-5-3-4-6-22(21)26(2)16-18-9-13-20(24)14-10-18/h7-14,21-22H,1-6,15-16H2/q-2/t21-,22-/m1/s1. The molecule has 2 atom stereocenters. The Bertz CT molecular complexity index is 623. The van der Waals surface area contributed by atoms with Crippen LogP contribution >= 0.6 is 23.2 Å². The molecule has 0 unspecified atom stereocenters. The monoisotopic (exact) mass is 388 g/mol. The Morgan fingerprint density at radius 1 is 0.692 bits per heavy atom. The summed E-state index contributed by atoms with van der Waals surface area (Å²) in [5.41, 5.74) is 2.48. The normalized spacial score (nSPS) is 20.7. The predicted octanol–water partition coefficient (Wildman–Crippen LogP) is 6.19. The third-order valence-corrected chi connectivity index (χ3v) is 5.73. The molecule has 0 radical (unpaired) electrons. The van der Waals surface area contributed by atoms with Crippen molar-refractivity contribution in [3.63, 3.8) is 0 Å². The Hall–Kier alpha value is -1.06. The highest BCUT2D eigenvalue weighted by atomic mass is 35.5. The van der Waals surface area contributed by atoms with E-state index in [0.717, 1.165) is 36.0 Å². The maximum atomic E-state index is 6.00. The van der Waals surface area contributed by atoms with Gasteiger partial charge in [0.05, 0.1) is 0 Å². The van der Waals surface area contributed by atoms with Crippen LogP contribution in [0.3, 0.4) is 0 Å². The van der Waals surface area contributed by atoms with E-state index in [1.807, 2.05) is 24.3 Å². The van der Waals surface area contributed by atoms with Crippen LogP contribution in [0.1, 0.15) is 36.8 Å². The summed E-state index contributed by atoms with van der Waals surface area (Å²) in [6.07, 6.45) is 4.83. The van der Waals surface area contributed by atoms with E-state index in [4.69, 9.17) is 23.2 Å². The third-order valence-electron chi connectivity index (χ3n) is 5.23. The van der Waals surface area contributed by atoms with Gasteiger partial charge in [0, 0.05) is 10.0 Å². The lowest BCUT2D eigenvalue weighted by Crippen LogP contribution is -2.49. The van der Waals surface area contributed by atoms with E-state index in [-0.39, 0.29) is 0 Å². The van der Waals surface area contributed by atoms with Gasteiger partial charge in [0.2, 0.25) is 0 Å². The Labute approximate surface area is 167 Å². The summed E-state index contributed by atoms with van der Waals surface area (Å²) < 4.78 is 0. The molecule has 0 bridgehead atoms. The lowest BCUT2D eigenvalue weighted by atomic mass is 9.88. The average molecular weight is 389 g/mol. The predicted molar refractivity (Wildman–Crippen MR) is 111 cm³/mol. The van der Waals surface area contributed by atoms with Gasteiger partial charge in [0.15, 0.2) is 0 Å². The molecule has 2 aromatic carbocycles. The van der Waals surface area contributed by atoms with Gasteiger partial charge in [-0.1, -0.05) is 60.3 Å². The zero-order valence-electron chi connectivity index (χ0n) is 15.1. The zero-order valence-corrected chi connectivity index (χ0v) is 16.6. The van der Waals surface area contributed by atoms with Crippen LogP contribution in [0.5, 0.6) is 0 Å². The second-order valence-electron chi connectivity index (χ2n) is 7.17. The molecule has 2 nitrogen and oxygen atoms in total. The molecule has 1 saturated carbocycles. The first-order valence-corrected chi connectivity index (χ1v) is 9.91. The fourth-order valence-electron chi connectivity index (χ4n) is 3.83. The van der Waals surface area contributed by atoms with Gasteiger partial charge in [0.25, 0.3) is 0 Å². The van der Waals surface area contributed by atoms with Gasteiger partial charge in [0.1, 0.15) is 0 Å². The van der Waals surface area contributed by atoms with Crippen LogP contribution in [0, 0.1) is 14.1 Å². The Morgan fingerprint density at radius 2 is 1.04 bits per heavy atom. The van der Waals surface area contributed by atoms with Gasteiger partial charge in [-0.2, -0.15) is 0 Å². The third kappa shape index (κ3) is 5.23. The zero-order chi connectivity index (χ0) is 18.5. The molecule has 3 rings (SSSR count). The largest absolute Gasteiger partial charge is 0.452 e. The van der Waals surface area contributed by atoms with Gasteiger partial charge in [-0.05, 0) is 73.4 Å². The molecule has 1 fully saturated rings. The van der Waals surface area contributed by atoms with E-state index >= 15 is 0 Å². The summed E-state index contributed by atoms with van der Waals surface area (Å²) in [7, 11) is 8.72. The Balaban J connectivity index is 1.65. The van der Waals surface area contributed by atoms with E-state index < -0.39 is 0 Å². The Morgan fingerprint density at radius 3 is 1.38 bits per heavy atom. The van der Waals surface area contributed by atoms with Gasteiger partial charge < -0.3 is 9.80 Å². The van der Waals surface area contributed by atoms with Crippen molar-refractivity contribution in [3.05, 3.63) is 83.8 Å². The molecule has 1 aliphatic carbocycles. The van der Waals surface area contributed by atoms with Crippen molar-refractivity contribution in [3.8, 4) is 0 Å². The molecule has 1 aliphatic rings. The van der Waals surface area contributed by atoms with Crippen LogP contribution in [0.2, 0.25) is 10.0 Å². The minimum absolute atomic E-state index is 0.407. The van der Waals surface area contributed by atoms with Crippen molar-refractivity contribution < 1.29 is 0 Å². The van der Waals surface area contributed by atoms with Crippen LogP contribution in [0.4, 0.5) is 0 Å². The highest BCUT2D eigenvalue weighted by molar-refractivity contribution is 6.30. The van der Waals surface area contributed by atoms with E-state index in [0.29, 0.717) is 12.1 Å². The summed E-state index contributed by atoms with van der Waals surface area (Å²) in [6, 6.07) is 16.9. The van der Waals surface area contributed by atoms with Gasteiger partial charge in [-0.25, -0.2) is 0 Å². The highest BCUT2D eigenvalue weighted by Crippen LogP contribution is 2.29. The molecule has 0 saturated heterocycles. The van der Waals surface area contributed by atoms with Gasteiger partial charge in [-0.15, -0.1) is 0 Å². The summed E-state index contributed by atoms with van der Waals surface area (Å²) in [5, 5.41) is 1.54. The molecule has 140 valence electrons. The van der Waals surface area contributed by atoms with Gasteiger partial charge >= 0.3 is 0 Å². The smallest absolute Gasteiger partial charge is 0.0406 e. The molecule has 0 heterocycles. The summed E-state index contributed by atoms with van der Waals surface area (Å²) in [5.74, 6) is 0. The topological polar surface area (TPSA) is 6.48 Å². The summed E-state index contributed by atoms with van der Waals surface area (Å²) >= 11 is 12.0. The lowest BCUT2D eigenvalue weighted by Gasteiger charge is -2.50. The van der Waals surface area contributed by atoms with Crippen molar-refractivity contribution in [2.75, 3.05) is 0 Å². The van der Waals surface area contributed by atoms with Crippen LogP contribution in [0.15, 0.2) is 48.5 Å². The minimum atomic E-state index is 0.407. The second-order valence-corrected chi connectivity index (χ2v) is 8.04. The van der Waals surface area contributed by atoms with Gasteiger partial charge in [-0.3, -0.25) is 14.1 Å². The molecule has 0 N–H and O–H groups in total. The maximum Gasteiger partial charge on any atom is 0.0406 e. The van der Waals surface area contributed by atoms with E-state index in [9.17, 15) is 0 Å². The second kappa shape index (κ2) is 9.23. The van der Waals surface area contributed by atoms with Crippen LogP contribution in [-0.2, 0) is 13.1 Å². The molecular formula is C22H26Cl2N2-2. The average Bonchev–Trinajstić information content (AvgIpc) is 2.65. The summed E-state index contributed by atoms with van der Waals surface area (Å²) in [6.45, 7) is 1.65. The molecule has 4 heteroatoms. The first-order chi connectivity index (χ1) is 12.5. The molecule has 0 amide bonds. The molecule has 2 aromatic rings. The number of benzene rings is 2. The number of hydrogen-bond donors (Lipinski definition) is 0. The maximum absolute atomic E-state index is 6.00.